The Morgan fingerprint density at radius 2 is 1.57 bits per heavy atom. The second-order valence-corrected chi connectivity index (χ2v) is 14.7. The average Bonchev–Trinajstić information content (AvgIpc) is 2.69. The van der Waals surface area contributed by atoms with Gasteiger partial charge in [-0.2, -0.15) is 0 Å². The van der Waals surface area contributed by atoms with Crippen molar-refractivity contribution in [1.82, 2.24) is 0 Å². The molecule has 0 radical (unpaired) electrons. The van der Waals surface area contributed by atoms with E-state index in [0.29, 0.717) is 5.16 Å². The Morgan fingerprint density at radius 3 is 1.97 bits per heavy atom. The molecule has 2 rings (SSSR count). The van der Waals surface area contributed by atoms with Crippen LogP contribution in [0.15, 0.2) is 12.1 Å². The van der Waals surface area contributed by atoms with Gasteiger partial charge in [-0.1, -0.05) is 40.0 Å². The summed E-state index contributed by atoms with van der Waals surface area (Å²) in [5.74, 6) is 0.971. The highest BCUT2D eigenvalue weighted by molar-refractivity contribution is 7.78. The first-order valence-corrected chi connectivity index (χ1v) is 14.9. The number of nitrogens with one attached hydrogen (secondary N) is 1. The number of methoxy groups -OCH3 is 1. The number of unbranched alkanes of at least 4 members (excludes halogenated alkanes) is 2. The van der Waals surface area contributed by atoms with Crippen molar-refractivity contribution in [2.45, 2.75) is 110 Å². The van der Waals surface area contributed by atoms with Gasteiger partial charge in [0, 0.05) is 12.9 Å². The Kier molecular flexibility index (Phi) is 9.99. The lowest BCUT2D eigenvalue weighted by Crippen LogP contribution is -2.50. The molecule has 172 valence electrons. The lowest BCUT2D eigenvalue weighted by atomic mass is 9.84. The molecule has 1 fully saturated rings. The molecular formula is C27H49NOP+. The third-order valence-corrected chi connectivity index (χ3v) is 14.6. The van der Waals surface area contributed by atoms with Crippen molar-refractivity contribution >= 4 is 12.9 Å². The fraction of sp³-hybridized carbons (Fsp3) is 0.778. The maximum atomic E-state index is 5.49. The van der Waals surface area contributed by atoms with Crippen LogP contribution >= 0.6 is 7.26 Å². The monoisotopic (exact) mass is 434 g/mol. The van der Waals surface area contributed by atoms with E-state index in [9.17, 15) is 0 Å². The Hall–Kier alpha value is -0.750. The summed E-state index contributed by atoms with van der Waals surface area (Å²) in [7, 11) is 0.722. The minimum absolute atomic E-state index is 0.560. The fourth-order valence-corrected chi connectivity index (χ4v) is 13.1. The average molecular weight is 435 g/mol. The van der Waals surface area contributed by atoms with Gasteiger partial charge >= 0.3 is 0 Å². The van der Waals surface area contributed by atoms with Crippen LogP contribution in [0.2, 0.25) is 0 Å². The van der Waals surface area contributed by atoms with E-state index in [0.717, 1.165) is 11.4 Å². The van der Waals surface area contributed by atoms with Crippen LogP contribution in [0.5, 0.6) is 5.75 Å². The lowest BCUT2D eigenvalue weighted by Gasteiger charge is -2.54. The molecule has 1 N–H and O–H groups in total. The summed E-state index contributed by atoms with van der Waals surface area (Å²) in [6.45, 7) is 15.4. The number of benzene rings is 1. The predicted molar refractivity (Wildman–Crippen MR) is 138 cm³/mol. The smallest absolute Gasteiger partial charge is 0.119 e. The molecule has 0 heterocycles. The maximum Gasteiger partial charge on any atom is 0.119 e. The first-order chi connectivity index (χ1) is 14.4. The number of rotatable bonds is 14. The Labute approximate surface area is 188 Å². The van der Waals surface area contributed by atoms with Gasteiger partial charge in [0.15, 0.2) is 0 Å². The summed E-state index contributed by atoms with van der Waals surface area (Å²) in [5.41, 5.74) is 4.89. The fourth-order valence-electron chi connectivity index (χ4n) is 5.98. The molecule has 1 unspecified atom stereocenters. The number of ether oxygens (including phenoxy) is 1. The molecule has 1 aliphatic rings. The second kappa shape index (κ2) is 11.8. The Bertz CT molecular complexity index is 621. The van der Waals surface area contributed by atoms with E-state index >= 15 is 0 Å². The Morgan fingerprint density at radius 1 is 1.00 bits per heavy atom. The lowest BCUT2D eigenvalue weighted by molar-refractivity contribution is 0.359. The van der Waals surface area contributed by atoms with Crippen molar-refractivity contribution in [1.29, 1.82) is 0 Å². The van der Waals surface area contributed by atoms with Gasteiger partial charge in [-0.05, 0) is 82.6 Å². The van der Waals surface area contributed by atoms with Crippen molar-refractivity contribution in [3.63, 3.8) is 0 Å². The van der Waals surface area contributed by atoms with E-state index in [1.54, 1.807) is 7.11 Å². The van der Waals surface area contributed by atoms with Gasteiger partial charge in [0.2, 0.25) is 0 Å². The zero-order valence-electron chi connectivity index (χ0n) is 21.1. The minimum Gasteiger partial charge on any atom is -0.497 e. The molecule has 1 aromatic carbocycles. The summed E-state index contributed by atoms with van der Waals surface area (Å²) >= 11 is 0. The zero-order valence-corrected chi connectivity index (χ0v) is 22.0. The summed E-state index contributed by atoms with van der Waals surface area (Å²) in [5, 5.41) is 4.56. The van der Waals surface area contributed by atoms with Gasteiger partial charge in [-0.15, -0.1) is 0 Å². The molecular weight excluding hydrogens is 385 g/mol. The molecule has 0 spiro atoms. The number of aryl methyl sites for hydroxylation is 2. The molecule has 0 saturated heterocycles. The van der Waals surface area contributed by atoms with Gasteiger partial charge in [-0.3, -0.25) is 0 Å². The van der Waals surface area contributed by atoms with Gasteiger partial charge < -0.3 is 10.1 Å². The van der Waals surface area contributed by atoms with Crippen molar-refractivity contribution < 1.29 is 4.74 Å². The molecule has 0 amide bonds. The van der Waals surface area contributed by atoms with Crippen LogP contribution in [0.3, 0.4) is 0 Å². The molecule has 1 atom stereocenters. The first kappa shape index (κ1) is 25.5. The van der Waals surface area contributed by atoms with Crippen LogP contribution < -0.4 is 10.1 Å². The second-order valence-electron chi connectivity index (χ2n) is 9.89. The van der Waals surface area contributed by atoms with Gasteiger partial charge in [0.25, 0.3) is 0 Å². The van der Waals surface area contributed by atoms with Gasteiger partial charge in [0.05, 0.1) is 36.8 Å². The molecule has 1 aliphatic carbocycles. The van der Waals surface area contributed by atoms with Crippen LogP contribution in [0.1, 0.15) is 96.6 Å². The van der Waals surface area contributed by atoms with Crippen LogP contribution in [-0.2, 0) is 0 Å². The van der Waals surface area contributed by atoms with Crippen LogP contribution in [-0.4, -0.2) is 36.8 Å². The normalized spacial score (nSPS) is 16.8. The molecule has 0 aromatic heterocycles. The molecule has 1 aromatic rings. The molecule has 2 nitrogen and oxygen atoms in total. The van der Waals surface area contributed by atoms with E-state index in [4.69, 9.17) is 4.74 Å². The topological polar surface area (TPSA) is 21.3 Å². The van der Waals surface area contributed by atoms with Crippen molar-refractivity contribution in [2.75, 3.05) is 31.3 Å². The summed E-state index contributed by atoms with van der Waals surface area (Å²) in [4.78, 5) is 0. The molecule has 0 aliphatic heterocycles. The first-order valence-electron chi connectivity index (χ1n) is 12.7. The molecule has 1 saturated carbocycles. The SMILES string of the molecule is CCCC[P+](CCCC)(C(C)CCC)C1(CNc2c(C)cc(OC)cc2C)CCC1. The van der Waals surface area contributed by atoms with Crippen LogP contribution in [0.25, 0.3) is 0 Å². The quantitative estimate of drug-likeness (QED) is 0.297. The molecule has 3 heteroatoms. The third kappa shape index (κ3) is 5.35. The highest BCUT2D eigenvalue weighted by Gasteiger charge is 2.61. The van der Waals surface area contributed by atoms with Crippen LogP contribution in [0.4, 0.5) is 5.69 Å². The zero-order chi connectivity index (χ0) is 22.2. The molecule has 0 bridgehead atoms. The standard InChI is InChI=1S/C27H49NOP/c1-8-11-17-30(18-12-9-2,24(6)14-10-3)27(15-13-16-27)21-28-26-22(4)19-25(29-7)20-23(26)5/h19-20,24,28H,8-18,21H2,1-7H3/q+1. The number of anilines is 1. The van der Waals surface area contributed by atoms with Crippen molar-refractivity contribution in [3.8, 4) is 5.75 Å². The van der Waals surface area contributed by atoms with Crippen molar-refractivity contribution in [2.24, 2.45) is 0 Å². The summed E-state index contributed by atoms with van der Waals surface area (Å²) in [6.07, 6.45) is 15.7. The van der Waals surface area contributed by atoms with E-state index in [2.05, 4.69) is 59.0 Å². The number of hydrogen-bond acceptors (Lipinski definition) is 2. The van der Waals surface area contributed by atoms with E-state index in [1.807, 2.05) is 0 Å². The summed E-state index contributed by atoms with van der Waals surface area (Å²) in [6, 6.07) is 4.36. The summed E-state index contributed by atoms with van der Waals surface area (Å²) < 4.78 is 5.49. The van der Waals surface area contributed by atoms with E-state index in [-0.39, 0.29) is 0 Å². The minimum atomic E-state index is -1.04. The number of hydrogen-bond donors (Lipinski definition) is 1. The highest BCUT2D eigenvalue weighted by atomic mass is 31.2. The maximum absolute atomic E-state index is 5.49. The highest BCUT2D eigenvalue weighted by Crippen LogP contribution is 2.78. The van der Waals surface area contributed by atoms with Gasteiger partial charge in [-0.25, -0.2) is 0 Å². The Balaban J connectivity index is 2.36. The largest absolute Gasteiger partial charge is 0.497 e. The van der Waals surface area contributed by atoms with Gasteiger partial charge in [0.1, 0.15) is 5.75 Å². The van der Waals surface area contributed by atoms with Crippen LogP contribution in [0, 0.1) is 13.8 Å². The molecule has 30 heavy (non-hydrogen) atoms. The predicted octanol–water partition coefficient (Wildman–Crippen LogP) is 8.45. The van der Waals surface area contributed by atoms with E-state index < -0.39 is 7.26 Å². The van der Waals surface area contributed by atoms with Crippen molar-refractivity contribution in [3.05, 3.63) is 23.3 Å². The van der Waals surface area contributed by atoms with E-state index in [1.165, 1.54) is 93.5 Å². The third-order valence-electron chi connectivity index (χ3n) is 7.94.